The molecule has 1 aliphatic heterocycles. The lowest BCUT2D eigenvalue weighted by Gasteiger charge is -2.40. The van der Waals surface area contributed by atoms with E-state index in [-0.39, 0.29) is 12.5 Å². The summed E-state index contributed by atoms with van der Waals surface area (Å²) in [5.41, 5.74) is 0. The zero-order valence-electron chi connectivity index (χ0n) is 61.6. The van der Waals surface area contributed by atoms with Crippen molar-refractivity contribution in [2.45, 2.75) is 403 Å². The lowest BCUT2D eigenvalue weighted by atomic mass is 9.99. The SMILES string of the molecule is CC/C=C\C/C=C\C/C=C\C/C=C\C/C=C\C/C=C\C/C=C\C/C=C\C/C=C\CCCCCCCCCCCCCC(=O)NC(COC1OC(CO)C(O)C(O)C1O)C(O)/C=C/CCCCCCCCCCCCCCCCCCCCCCCCCCCCCCCCC. The zero-order chi connectivity index (χ0) is 68.5. The molecule has 0 radical (unpaired) electrons. The van der Waals surface area contributed by atoms with Crippen molar-refractivity contribution in [2.75, 3.05) is 13.2 Å². The highest BCUT2D eigenvalue weighted by Crippen LogP contribution is 2.24. The van der Waals surface area contributed by atoms with E-state index in [0.29, 0.717) is 6.42 Å². The van der Waals surface area contributed by atoms with Crippen molar-refractivity contribution in [2.24, 2.45) is 0 Å². The first-order valence-electron chi connectivity index (χ1n) is 40.3. The number of rotatable bonds is 70. The van der Waals surface area contributed by atoms with Gasteiger partial charge in [0.1, 0.15) is 24.4 Å². The molecular weight excluding hydrogens is 1170 g/mol. The summed E-state index contributed by atoms with van der Waals surface area (Å²) in [5, 5.41) is 54.9. The maximum absolute atomic E-state index is 13.2. The summed E-state index contributed by atoms with van der Waals surface area (Å²) >= 11 is 0. The number of amides is 1. The third-order valence-corrected chi connectivity index (χ3v) is 18.5. The minimum Gasteiger partial charge on any atom is -0.394 e. The minimum absolute atomic E-state index is 0.180. The molecular formula is C86H151NO8. The Morgan fingerprint density at radius 1 is 0.368 bits per heavy atom. The number of carbonyl (C=O) groups is 1. The van der Waals surface area contributed by atoms with Crippen molar-refractivity contribution in [3.8, 4) is 0 Å². The Balaban J connectivity index is 2.11. The van der Waals surface area contributed by atoms with Crippen LogP contribution in [0.2, 0.25) is 0 Å². The highest BCUT2D eigenvalue weighted by Gasteiger charge is 2.44. The number of unbranched alkanes of at least 4 members (excludes halogenated alkanes) is 42. The van der Waals surface area contributed by atoms with Gasteiger partial charge in [0.2, 0.25) is 5.91 Å². The van der Waals surface area contributed by atoms with Crippen LogP contribution in [0.4, 0.5) is 0 Å². The summed E-state index contributed by atoms with van der Waals surface area (Å²) < 4.78 is 11.3. The van der Waals surface area contributed by atoms with Crippen molar-refractivity contribution in [3.05, 3.63) is 122 Å². The normalized spacial score (nSPS) is 18.2. The quantitative estimate of drug-likeness (QED) is 0.0261. The summed E-state index contributed by atoms with van der Waals surface area (Å²) in [6.07, 6.45) is 103. The molecule has 1 saturated heterocycles. The Hall–Kier alpha value is -3.41. The van der Waals surface area contributed by atoms with E-state index in [1.807, 2.05) is 6.08 Å². The van der Waals surface area contributed by atoms with E-state index >= 15 is 0 Å². The van der Waals surface area contributed by atoms with Crippen LogP contribution in [0.3, 0.4) is 0 Å². The molecule has 1 heterocycles. The molecule has 0 aromatic carbocycles. The average Bonchev–Trinajstić information content (AvgIpc) is 0.836. The first kappa shape index (κ1) is 89.6. The number of ether oxygens (including phenoxy) is 2. The number of hydrogen-bond donors (Lipinski definition) is 6. The fraction of sp³-hybridized carbons (Fsp3) is 0.756. The van der Waals surface area contributed by atoms with E-state index in [2.05, 4.69) is 129 Å². The van der Waals surface area contributed by atoms with Crippen molar-refractivity contribution in [1.29, 1.82) is 0 Å². The van der Waals surface area contributed by atoms with Crippen LogP contribution in [-0.4, -0.2) is 87.5 Å². The first-order valence-corrected chi connectivity index (χ1v) is 40.3. The van der Waals surface area contributed by atoms with Crippen molar-refractivity contribution in [3.63, 3.8) is 0 Å². The molecule has 95 heavy (non-hydrogen) atoms. The van der Waals surface area contributed by atoms with Crippen molar-refractivity contribution in [1.82, 2.24) is 5.32 Å². The van der Waals surface area contributed by atoms with Gasteiger partial charge in [-0.25, -0.2) is 0 Å². The lowest BCUT2D eigenvalue weighted by Crippen LogP contribution is -2.60. The Labute approximate surface area is 586 Å². The smallest absolute Gasteiger partial charge is 0.220 e. The van der Waals surface area contributed by atoms with Gasteiger partial charge in [-0.15, -0.1) is 0 Å². The summed E-state index contributed by atoms with van der Waals surface area (Å²) in [4.78, 5) is 13.2. The predicted molar refractivity (Wildman–Crippen MR) is 410 cm³/mol. The van der Waals surface area contributed by atoms with Crippen LogP contribution in [0.15, 0.2) is 122 Å². The Morgan fingerprint density at radius 2 is 0.653 bits per heavy atom. The second-order valence-electron chi connectivity index (χ2n) is 27.5. The standard InChI is InChI=1S/C86H151NO8/c1-3-5-7-9-11-13-15-17-19-21-23-25-27-29-31-33-35-37-38-39-40-41-42-44-46-48-50-52-54-56-58-60-62-64-66-68-70-72-74-76-82(90)87-79(78-94-86-85(93)84(92)83(91)81(77-88)95-86)80(89)75-73-71-69-67-65-63-61-59-57-55-53-51-49-47-45-43-36-34-32-30-28-26-24-22-20-18-16-14-12-10-8-6-4-2/h5,7,11,13,17,19,23,25,29,31,35,37,39-40,42,44,48,50,73,75,79-81,83-86,88-89,91-93H,3-4,6,8-10,12,14-16,18,20-22,24,26-28,30,32-34,36,38,41,43,45-47,49,51-72,74,76-78H2,1-2H3,(H,87,90)/b7-5-,13-11-,19-17-,25-23-,31-29-,37-35-,40-39-,44-42-,50-48-,75-73+. The summed E-state index contributed by atoms with van der Waals surface area (Å²) in [7, 11) is 0. The highest BCUT2D eigenvalue weighted by atomic mass is 16.7. The molecule has 1 rings (SSSR count). The lowest BCUT2D eigenvalue weighted by molar-refractivity contribution is -0.302. The third kappa shape index (κ3) is 61.4. The maximum Gasteiger partial charge on any atom is 0.220 e. The fourth-order valence-corrected chi connectivity index (χ4v) is 12.3. The van der Waals surface area contributed by atoms with Crippen LogP contribution < -0.4 is 5.32 Å². The van der Waals surface area contributed by atoms with Crippen LogP contribution in [0.5, 0.6) is 0 Å². The second kappa shape index (κ2) is 73.3. The molecule has 0 aromatic rings. The number of carbonyl (C=O) groups excluding carboxylic acids is 1. The van der Waals surface area contributed by atoms with E-state index in [1.165, 1.54) is 238 Å². The van der Waals surface area contributed by atoms with Gasteiger partial charge >= 0.3 is 0 Å². The molecule has 0 bridgehead atoms. The Kier molecular flexibility index (Phi) is 69.1. The summed E-state index contributed by atoms with van der Waals surface area (Å²) in [6.45, 7) is 3.70. The number of hydrogen-bond acceptors (Lipinski definition) is 8. The monoisotopic (exact) mass is 1330 g/mol. The van der Waals surface area contributed by atoms with Crippen LogP contribution in [-0.2, 0) is 14.3 Å². The minimum atomic E-state index is -1.57. The molecule has 0 aliphatic carbocycles. The Bertz CT molecular complexity index is 1930. The van der Waals surface area contributed by atoms with Gasteiger partial charge in [-0.2, -0.15) is 0 Å². The number of allylic oxidation sites excluding steroid dienone is 19. The molecule has 0 spiro atoms. The maximum atomic E-state index is 13.2. The summed E-state index contributed by atoms with van der Waals surface area (Å²) in [5.74, 6) is -0.180. The number of aliphatic hydroxyl groups is 5. The summed E-state index contributed by atoms with van der Waals surface area (Å²) in [6, 6.07) is -0.817. The molecule has 0 saturated carbocycles. The predicted octanol–water partition coefficient (Wildman–Crippen LogP) is 23.3. The first-order chi connectivity index (χ1) is 46.8. The van der Waals surface area contributed by atoms with Crippen molar-refractivity contribution >= 4 is 5.91 Å². The van der Waals surface area contributed by atoms with Crippen LogP contribution in [0.1, 0.15) is 361 Å². The largest absolute Gasteiger partial charge is 0.394 e. The molecule has 9 heteroatoms. The van der Waals surface area contributed by atoms with Gasteiger partial charge in [0.15, 0.2) is 6.29 Å². The molecule has 1 fully saturated rings. The fourth-order valence-electron chi connectivity index (χ4n) is 12.3. The van der Waals surface area contributed by atoms with Gasteiger partial charge in [-0.05, 0) is 89.9 Å². The average molecular weight is 1330 g/mol. The van der Waals surface area contributed by atoms with E-state index in [0.717, 1.165) is 103 Å². The van der Waals surface area contributed by atoms with E-state index < -0.39 is 49.5 Å². The van der Waals surface area contributed by atoms with Crippen LogP contribution in [0.25, 0.3) is 0 Å². The van der Waals surface area contributed by atoms with Crippen LogP contribution in [0, 0.1) is 0 Å². The van der Waals surface area contributed by atoms with Gasteiger partial charge in [-0.1, -0.05) is 386 Å². The number of nitrogens with one attached hydrogen (secondary N) is 1. The van der Waals surface area contributed by atoms with Crippen molar-refractivity contribution < 1.29 is 39.8 Å². The second-order valence-corrected chi connectivity index (χ2v) is 27.5. The Morgan fingerprint density at radius 3 is 0.968 bits per heavy atom. The molecule has 7 atom stereocenters. The van der Waals surface area contributed by atoms with E-state index in [1.54, 1.807) is 6.08 Å². The van der Waals surface area contributed by atoms with Gasteiger partial charge < -0.3 is 40.3 Å². The molecule has 9 nitrogen and oxygen atoms in total. The molecule has 548 valence electrons. The molecule has 7 unspecified atom stereocenters. The molecule has 1 aliphatic rings. The third-order valence-electron chi connectivity index (χ3n) is 18.5. The molecule has 1 amide bonds. The number of aliphatic hydroxyl groups excluding tert-OH is 5. The van der Waals surface area contributed by atoms with E-state index in [4.69, 9.17) is 9.47 Å². The highest BCUT2D eigenvalue weighted by molar-refractivity contribution is 5.76. The van der Waals surface area contributed by atoms with Gasteiger partial charge in [0.05, 0.1) is 25.4 Å². The topological polar surface area (TPSA) is 149 Å². The zero-order valence-corrected chi connectivity index (χ0v) is 61.6. The van der Waals surface area contributed by atoms with Gasteiger partial charge in [0, 0.05) is 6.42 Å². The van der Waals surface area contributed by atoms with Crippen LogP contribution >= 0.6 is 0 Å². The van der Waals surface area contributed by atoms with Gasteiger partial charge in [0.25, 0.3) is 0 Å². The molecule has 0 aromatic heterocycles. The van der Waals surface area contributed by atoms with E-state index in [9.17, 15) is 30.3 Å². The van der Waals surface area contributed by atoms with Gasteiger partial charge in [-0.3, -0.25) is 4.79 Å². The molecule has 6 N–H and O–H groups in total.